The predicted octanol–water partition coefficient (Wildman–Crippen LogP) is 4.08. The third kappa shape index (κ3) is 3.48. The van der Waals surface area contributed by atoms with Gasteiger partial charge in [-0.05, 0) is 48.5 Å². The van der Waals surface area contributed by atoms with Crippen molar-refractivity contribution in [2.24, 2.45) is 0 Å². The summed E-state index contributed by atoms with van der Waals surface area (Å²) in [7, 11) is 1.52. The Morgan fingerprint density at radius 3 is 2.64 bits per heavy atom. The normalized spacial score (nSPS) is 10.6. The van der Waals surface area contributed by atoms with Gasteiger partial charge in [0.05, 0.1) is 23.9 Å². The van der Waals surface area contributed by atoms with Crippen LogP contribution in [0.2, 0.25) is 0 Å². The zero-order valence-electron chi connectivity index (χ0n) is 14.9. The zero-order valence-corrected chi connectivity index (χ0v) is 14.9. The van der Waals surface area contributed by atoms with E-state index in [0.29, 0.717) is 33.5 Å². The Hall–Kier alpha value is -3.93. The van der Waals surface area contributed by atoms with E-state index in [-0.39, 0.29) is 5.75 Å². The van der Waals surface area contributed by atoms with Gasteiger partial charge in [-0.15, -0.1) is 0 Å². The fraction of sp³-hybridized carbons (Fsp3) is 0.0455. The molecule has 2 aromatic carbocycles. The summed E-state index contributed by atoms with van der Waals surface area (Å²) in [6.07, 6.45) is 1.61. The lowest BCUT2D eigenvalue weighted by Gasteiger charge is -2.07. The van der Waals surface area contributed by atoms with Gasteiger partial charge in [0.25, 0.3) is 0 Å². The molecule has 2 heterocycles. The fourth-order valence-corrected chi connectivity index (χ4v) is 2.77. The van der Waals surface area contributed by atoms with Crippen molar-refractivity contribution in [1.82, 2.24) is 4.98 Å². The van der Waals surface area contributed by atoms with Crippen molar-refractivity contribution in [3.63, 3.8) is 0 Å². The van der Waals surface area contributed by atoms with Crippen molar-refractivity contribution in [2.75, 3.05) is 7.11 Å². The number of pyridine rings is 1. The zero-order chi connectivity index (χ0) is 19.5. The molecule has 0 aliphatic carbocycles. The lowest BCUT2D eigenvalue weighted by Crippen LogP contribution is -2.09. The summed E-state index contributed by atoms with van der Waals surface area (Å²) in [5.41, 5.74) is 1.07. The number of hydrogen-bond acceptors (Lipinski definition) is 6. The van der Waals surface area contributed by atoms with Gasteiger partial charge in [0.2, 0.25) is 0 Å². The molecule has 0 fully saturated rings. The maximum atomic E-state index is 12.3. The lowest BCUT2D eigenvalue weighted by molar-refractivity contribution is 0.0734. The molecule has 0 aliphatic heterocycles. The number of carbonyl (C=O) groups excluding carboxylic acids is 1. The third-order valence-corrected chi connectivity index (χ3v) is 4.16. The van der Waals surface area contributed by atoms with E-state index in [9.17, 15) is 9.59 Å². The van der Waals surface area contributed by atoms with Gasteiger partial charge in [-0.2, -0.15) is 0 Å². The van der Waals surface area contributed by atoms with Crippen LogP contribution in [0.25, 0.3) is 22.2 Å². The maximum Gasteiger partial charge on any atom is 0.345 e. The number of hydrogen-bond donors (Lipinski definition) is 0. The van der Waals surface area contributed by atoms with E-state index in [0.717, 1.165) is 0 Å². The molecule has 0 atom stereocenters. The van der Waals surface area contributed by atoms with E-state index >= 15 is 0 Å². The lowest BCUT2D eigenvalue weighted by atomic mass is 10.1. The number of carbonyl (C=O) groups is 1. The largest absolute Gasteiger partial charge is 0.497 e. The van der Waals surface area contributed by atoms with E-state index in [1.165, 1.54) is 13.2 Å². The number of rotatable bonds is 4. The molecule has 6 heteroatoms. The average molecular weight is 373 g/mol. The van der Waals surface area contributed by atoms with Gasteiger partial charge < -0.3 is 13.9 Å². The van der Waals surface area contributed by atoms with Crippen LogP contribution in [-0.4, -0.2) is 18.1 Å². The van der Waals surface area contributed by atoms with Crippen molar-refractivity contribution in [3.05, 3.63) is 88.9 Å². The van der Waals surface area contributed by atoms with Crippen LogP contribution in [0.4, 0.5) is 0 Å². The Kier molecular flexibility index (Phi) is 4.60. The summed E-state index contributed by atoms with van der Waals surface area (Å²) >= 11 is 0. The van der Waals surface area contributed by atoms with Gasteiger partial charge in [-0.3, -0.25) is 4.98 Å². The minimum Gasteiger partial charge on any atom is -0.497 e. The molecule has 0 spiro atoms. The number of fused-ring (bicyclic) bond motifs is 1. The highest BCUT2D eigenvalue weighted by Gasteiger charge is 2.13. The summed E-state index contributed by atoms with van der Waals surface area (Å²) in [4.78, 5) is 28.9. The molecule has 0 saturated carbocycles. The van der Waals surface area contributed by atoms with E-state index in [1.807, 2.05) is 0 Å². The van der Waals surface area contributed by atoms with Crippen LogP contribution >= 0.6 is 0 Å². The number of ether oxygens (including phenoxy) is 2. The average Bonchev–Trinajstić information content (AvgIpc) is 2.74. The first-order valence-corrected chi connectivity index (χ1v) is 8.49. The van der Waals surface area contributed by atoms with Crippen LogP contribution in [0.5, 0.6) is 11.5 Å². The molecule has 0 radical (unpaired) electrons. The molecular weight excluding hydrogens is 358 g/mol. The molecule has 2 aromatic heterocycles. The topological polar surface area (TPSA) is 78.6 Å². The van der Waals surface area contributed by atoms with E-state index in [1.54, 1.807) is 66.9 Å². The van der Waals surface area contributed by atoms with Crippen LogP contribution in [0, 0.1) is 0 Å². The quantitative estimate of drug-likeness (QED) is 0.305. The Balaban J connectivity index is 1.65. The second-order valence-corrected chi connectivity index (χ2v) is 5.98. The highest BCUT2D eigenvalue weighted by atomic mass is 16.5. The maximum absolute atomic E-state index is 12.3. The molecule has 28 heavy (non-hydrogen) atoms. The summed E-state index contributed by atoms with van der Waals surface area (Å²) in [6.45, 7) is 0. The third-order valence-electron chi connectivity index (χ3n) is 4.16. The number of benzene rings is 2. The first-order chi connectivity index (χ1) is 13.6. The number of methoxy groups -OCH3 is 1. The molecular formula is C22H15NO5. The Bertz CT molecular complexity index is 1210. The summed E-state index contributed by atoms with van der Waals surface area (Å²) in [5, 5.41) is 0.696. The van der Waals surface area contributed by atoms with Crippen molar-refractivity contribution in [3.8, 4) is 22.8 Å². The second-order valence-electron chi connectivity index (χ2n) is 5.98. The van der Waals surface area contributed by atoms with Gasteiger partial charge in [0, 0.05) is 17.6 Å². The molecule has 6 nitrogen and oxygen atoms in total. The molecule has 0 saturated heterocycles. The monoisotopic (exact) mass is 373 g/mol. The SMILES string of the molecule is COc1cccc(C(=O)Oc2ccc3cc(-c4ccccn4)c(=O)oc3c2)c1. The van der Waals surface area contributed by atoms with E-state index < -0.39 is 11.6 Å². The van der Waals surface area contributed by atoms with Crippen molar-refractivity contribution in [2.45, 2.75) is 0 Å². The second kappa shape index (κ2) is 7.36. The molecule has 4 rings (SSSR count). The van der Waals surface area contributed by atoms with Gasteiger partial charge >= 0.3 is 11.6 Å². The van der Waals surface area contributed by atoms with Gasteiger partial charge in [0.1, 0.15) is 17.1 Å². The van der Waals surface area contributed by atoms with Gasteiger partial charge in [0.15, 0.2) is 0 Å². The van der Waals surface area contributed by atoms with Crippen LogP contribution < -0.4 is 15.1 Å². The molecule has 138 valence electrons. The van der Waals surface area contributed by atoms with Gasteiger partial charge in [-0.25, -0.2) is 9.59 Å². The highest BCUT2D eigenvalue weighted by molar-refractivity contribution is 5.92. The Morgan fingerprint density at radius 2 is 1.86 bits per heavy atom. The molecule has 4 aromatic rings. The minimum atomic E-state index is -0.536. The Morgan fingerprint density at radius 1 is 0.964 bits per heavy atom. The Labute approximate surface area is 160 Å². The van der Waals surface area contributed by atoms with Crippen LogP contribution in [0.3, 0.4) is 0 Å². The minimum absolute atomic E-state index is 0.272. The number of aromatic nitrogens is 1. The molecule has 0 N–H and O–H groups in total. The van der Waals surface area contributed by atoms with Crippen molar-refractivity contribution in [1.29, 1.82) is 0 Å². The standard InChI is InChI=1S/C22H15NO5/c1-26-16-6-4-5-15(11-16)21(24)27-17-9-8-14-12-18(19-7-2-3-10-23-19)22(25)28-20(14)13-17/h2-13H,1H3. The predicted molar refractivity (Wildman–Crippen MR) is 104 cm³/mol. The number of nitrogens with zero attached hydrogens (tertiary/aromatic N) is 1. The summed E-state index contributed by atoms with van der Waals surface area (Å²) in [6, 6.07) is 18.5. The van der Waals surface area contributed by atoms with Crippen molar-refractivity contribution >= 4 is 16.9 Å². The number of esters is 1. The molecule has 0 bridgehead atoms. The smallest absolute Gasteiger partial charge is 0.345 e. The van der Waals surface area contributed by atoms with Crippen LogP contribution in [0.1, 0.15) is 10.4 Å². The summed E-state index contributed by atoms with van der Waals surface area (Å²) < 4.78 is 15.9. The van der Waals surface area contributed by atoms with Crippen LogP contribution in [-0.2, 0) is 0 Å². The fourth-order valence-electron chi connectivity index (χ4n) is 2.77. The van der Waals surface area contributed by atoms with Gasteiger partial charge in [-0.1, -0.05) is 12.1 Å². The van der Waals surface area contributed by atoms with Crippen molar-refractivity contribution < 1.29 is 18.7 Å². The van der Waals surface area contributed by atoms with Crippen LogP contribution in [0.15, 0.2) is 82.1 Å². The van der Waals surface area contributed by atoms with E-state index in [4.69, 9.17) is 13.9 Å². The summed E-state index contributed by atoms with van der Waals surface area (Å²) in [5.74, 6) is 0.292. The molecule has 0 amide bonds. The first-order valence-electron chi connectivity index (χ1n) is 8.49. The van der Waals surface area contributed by atoms with E-state index in [2.05, 4.69) is 4.98 Å². The molecule has 0 unspecified atom stereocenters. The highest BCUT2D eigenvalue weighted by Crippen LogP contribution is 2.24. The first kappa shape index (κ1) is 17.5. The molecule has 0 aliphatic rings.